The fraction of sp³-hybridized carbons (Fsp3) is 0.568. The Morgan fingerprint density at radius 2 is 1.78 bits per heavy atom. The molecule has 0 unspecified atom stereocenters. The van der Waals surface area contributed by atoms with Crippen molar-refractivity contribution in [1.29, 1.82) is 0 Å². The van der Waals surface area contributed by atoms with Crippen molar-refractivity contribution in [2.24, 2.45) is 5.92 Å². The van der Waals surface area contributed by atoms with Crippen molar-refractivity contribution in [1.82, 2.24) is 30.6 Å². The van der Waals surface area contributed by atoms with Gasteiger partial charge >= 0.3 is 6.09 Å². The first-order valence-electron chi connectivity index (χ1n) is 18.8. The summed E-state index contributed by atoms with van der Waals surface area (Å²) in [6.07, 6.45) is 10.9. The lowest BCUT2D eigenvalue weighted by Crippen LogP contribution is -2.58. The summed E-state index contributed by atoms with van der Waals surface area (Å²) in [4.78, 5) is 75.0. The fourth-order valence-corrected chi connectivity index (χ4v) is 9.49. The molecule has 17 heteroatoms. The number of aromatic nitrogens is 1. The Hall–Kier alpha value is -4.51. The van der Waals surface area contributed by atoms with Gasteiger partial charge in [0.15, 0.2) is 0 Å². The molecule has 5 atom stereocenters. The predicted molar refractivity (Wildman–Crippen MR) is 198 cm³/mol. The number of fused-ring (bicyclic) bond motifs is 8. The van der Waals surface area contributed by atoms with Gasteiger partial charge < -0.3 is 30.3 Å². The molecule has 290 valence electrons. The van der Waals surface area contributed by atoms with Crippen LogP contribution in [0.15, 0.2) is 42.6 Å². The number of sulfonamides is 1. The van der Waals surface area contributed by atoms with Crippen LogP contribution in [0.5, 0.6) is 5.75 Å². The number of amides is 5. The number of ether oxygens (including phenoxy) is 2. The van der Waals surface area contributed by atoms with Crippen LogP contribution in [0.25, 0.3) is 10.6 Å². The summed E-state index contributed by atoms with van der Waals surface area (Å²) in [5, 5.41) is 8.52. The Morgan fingerprint density at radius 3 is 2.59 bits per heavy atom. The van der Waals surface area contributed by atoms with E-state index in [4.69, 9.17) is 9.47 Å². The van der Waals surface area contributed by atoms with E-state index in [2.05, 4.69) is 25.7 Å². The van der Waals surface area contributed by atoms with Gasteiger partial charge in [-0.25, -0.2) is 18.2 Å². The third kappa shape index (κ3) is 8.72. The summed E-state index contributed by atoms with van der Waals surface area (Å²) in [6.45, 7) is 0.566. The number of cyclic esters (lactones) is 1. The molecule has 1 aromatic carbocycles. The van der Waals surface area contributed by atoms with Crippen molar-refractivity contribution in [2.75, 3.05) is 19.8 Å². The number of alkyl carbamates (subject to hydrolysis) is 1. The Balaban J connectivity index is 1.17. The van der Waals surface area contributed by atoms with E-state index in [-0.39, 0.29) is 26.0 Å². The van der Waals surface area contributed by atoms with Gasteiger partial charge in [-0.3, -0.25) is 23.9 Å². The monoisotopic (exact) mass is 782 g/mol. The van der Waals surface area contributed by atoms with Crippen LogP contribution in [-0.2, 0) is 29.1 Å². The number of hydrogen-bond donors (Lipinski definition) is 4. The van der Waals surface area contributed by atoms with Gasteiger partial charge in [0.25, 0.3) is 11.8 Å². The van der Waals surface area contributed by atoms with Crippen LogP contribution in [0.4, 0.5) is 4.79 Å². The van der Waals surface area contributed by atoms with Crippen LogP contribution in [0.3, 0.4) is 0 Å². The minimum Gasteiger partial charge on any atom is -0.494 e. The molecular weight excluding hydrogens is 737 g/mol. The molecule has 5 aliphatic rings. The molecule has 1 aromatic heterocycles. The maximum absolute atomic E-state index is 14.4. The van der Waals surface area contributed by atoms with E-state index in [0.717, 1.165) is 31.2 Å². The normalized spacial score (nSPS) is 29.2. The molecule has 54 heavy (non-hydrogen) atoms. The van der Waals surface area contributed by atoms with Gasteiger partial charge in [0.05, 0.1) is 24.7 Å². The molecular formula is C37H46N6O9S2. The zero-order valence-corrected chi connectivity index (χ0v) is 31.6. The lowest BCUT2D eigenvalue weighted by Gasteiger charge is -2.30. The lowest BCUT2D eigenvalue weighted by molar-refractivity contribution is -0.141. The van der Waals surface area contributed by atoms with Crippen LogP contribution in [0, 0.1) is 5.92 Å². The van der Waals surface area contributed by atoms with Gasteiger partial charge in [0.2, 0.25) is 21.8 Å². The van der Waals surface area contributed by atoms with E-state index in [1.54, 1.807) is 0 Å². The summed E-state index contributed by atoms with van der Waals surface area (Å²) in [5.41, 5.74) is -0.731. The van der Waals surface area contributed by atoms with Gasteiger partial charge in [-0.2, -0.15) is 0 Å². The minimum absolute atomic E-state index is 0.0180. The highest BCUT2D eigenvalue weighted by molar-refractivity contribution is 7.91. The number of nitrogens with zero attached hydrogens (tertiary/aromatic N) is 2. The number of carbonyl (C=O) groups excluding carboxylic acids is 5. The maximum atomic E-state index is 14.4. The third-order valence-electron chi connectivity index (χ3n) is 10.6. The topological polar surface area (TPSA) is 202 Å². The SMILES string of the molecule is O=C1N[C@H]2CCCCC/C=C\[C@@H]3C[C@@]3(C(=O)NS(=O)(=O)C3CC3)NC(=O)[C@@H]3C[C@H](CN3C2=O)NC(=O)c2cnc(s2)-c2cccc(c2)OCCCCCO1. The summed E-state index contributed by atoms with van der Waals surface area (Å²) in [6, 6.07) is 4.63. The first kappa shape index (κ1) is 37.8. The number of rotatable bonds is 3. The first-order chi connectivity index (χ1) is 26.0. The highest BCUT2D eigenvalue weighted by Gasteiger charge is 2.62. The van der Waals surface area contributed by atoms with Gasteiger partial charge in [-0.05, 0) is 76.3 Å². The number of thiazole rings is 1. The number of benzene rings is 1. The molecule has 1 saturated heterocycles. The van der Waals surface area contributed by atoms with E-state index in [1.807, 2.05) is 36.4 Å². The second-order valence-corrected chi connectivity index (χ2v) is 17.7. The Bertz CT molecular complexity index is 1910. The predicted octanol–water partition coefficient (Wildman–Crippen LogP) is 3.17. The van der Waals surface area contributed by atoms with Crippen LogP contribution in [-0.4, -0.2) is 96.7 Å². The lowest BCUT2D eigenvalue weighted by atomic mass is 10.0. The highest BCUT2D eigenvalue weighted by atomic mass is 32.2. The van der Waals surface area contributed by atoms with E-state index in [1.165, 1.54) is 22.4 Å². The quantitative estimate of drug-likeness (QED) is 0.335. The molecule has 4 heterocycles. The second kappa shape index (κ2) is 16.1. The molecule has 5 amide bonds. The van der Waals surface area contributed by atoms with Crippen molar-refractivity contribution in [3.8, 4) is 16.3 Å². The maximum Gasteiger partial charge on any atom is 0.407 e. The summed E-state index contributed by atoms with van der Waals surface area (Å²) in [5.74, 6) is -2.18. The van der Waals surface area contributed by atoms with Crippen LogP contribution in [0.1, 0.15) is 86.7 Å². The molecule has 0 radical (unpaired) electrons. The molecule has 7 bridgehead atoms. The molecule has 3 fully saturated rings. The Labute approximate surface area is 318 Å². The highest BCUT2D eigenvalue weighted by Crippen LogP contribution is 2.46. The molecule has 15 nitrogen and oxygen atoms in total. The number of hydrogen-bond acceptors (Lipinski definition) is 11. The zero-order chi connectivity index (χ0) is 37.9. The van der Waals surface area contributed by atoms with Gasteiger partial charge in [-0.1, -0.05) is 37.1 Å². The molecule has 7 rings (SSSR count). The Kier molecular flexibility index (Phi) is 11.2. The van der Waals surface area contributed by atoms with Crippen molar-refractivity contribution >= 4 is 51.1 Å². The molecule has 0 spiro atoms. The van der Waals surface area contributed by atoms with Gasteiger partial charge in [0, 0.05) is 24.1 Å². The minimum atomic E-state index is -3.90. The van der Waals surface area contributed by atoms with Crippen LogP contribution < -0.4 is 25.4 Å². The smallest absolute Gasteiger partial charge is 0.407 e. The zero-order valence-electron chi connectivity index (χ0n) is 29.9. The third-order valence-corrected chi connectivity index (χ3v) is 13.5. The molecule has 3 aliphatic heterocycles. The summed E-state index contributed by atoms with van der Waals surface area (Å²) < 4.78 is 39.2. The van der Waals surface area contributed by atoms with Crippen molar-refractivity contribution in [3.05, 3.63) is 47.5 Å². The first-order valence-corrected chi connectivity index (χ1v) is 21.2. The molecule has 2 aromatic rings. The van der Waals surface area contributed by atoms with Gasteiger partial charge in [0.1, 0.15) is 33.3 Å². The van der Waals surface area contributed by atoms with Gasteiger partial charge in [-0.15, -0.1) is 11.3 Å². The van der Waals surface area contributed by atoms with Crippen LogP contribution in [0.2, 0.25) is 0 Å². The summed E-state index contributed by atoms with van der Waals surface area (Å²) >= 11 is 1.20. The summed E-state index contributed by atoms with van der Waals surface area (Å²) in [7, 11) is -3.90. The van der Waals surface area contributed by atoms with Crippen LogP contribution >= 0.6 is 11.3 Å². The standard InChI is InChI=1S/C37H46N6O9S2/c44-31-29-19-25-22-43(29)34(46)28(13-6-3-1-2-5-11-24-20-37(24,41-31)35(47)42-54(49,50)27-14-15-27)40-36(48)52-17-8-4-7-16-51-26-12-9-10-23(18-26)33-38-21-30(53-33)32(45)39-25/h5,9-12,18,21,24-25,27-29H,1-4,6-8,13-17,19-20,22H2,(H,39,45)(H,40,48)(H,41,44)(H,42,47)/b11-5-/t24-,25-,28+,29+,37-/m1/s1. The molecule has 4 N–H and O–H groups in total. The second-order valence-electron chi connectivity index (χ2n) is 14.7. The Morgan fingerprint density at radius 1 is 0.981 bits per heavy atom. The van der Waals surface area contributed by atoms with E-state index >= 15 is 0 Å². The largest absolute Gasteiger partial charge is 0.494 e. The average Bonchev–Trinajstić information content (AvgIpc) is 4.02. The van der Waals surface area contributed by atoms with Crippen molar-refractivity contribution in [3.63, 3.8) is 0 Å². The van der Waals surface area contributed by atoms with E-state index in [9.17, 15) is 32.4 Å². The van der Waals surface area contributed by atoms with E-state index in [0.29, 0.717) is 60.8 Å². The number of nitrogens with one attached hydrogen (secondary N) is 4. The van der Waals surface area contributed by atoms with E-state index < -0.39 is 74.6 Å². The number of allylic oxidation sites excluding steroid dienone is 1. The molecule has 2 aliphatic carbocycles. The van der Waals surface area contributed by atoms with Crippen molar-refractivity contribution in [2.45, 2.75) is 106 Å². The average molecular weight is 783 g/mol. The fourth-order valence-electron chi connectivity index (χ4n) is 7.31. The van der Waals surface area contributed by atoms with Crippen molar-refractivity contribution < 1.29 is 41.9 Å². The molecule has 2 saturated carbocycles. The number of carbonyl (C=O) groups is 5.